The van der Waals surface area contributed by atoms with Crippen molar-refractivity contribution in [3.63, 3.8) is 0 Å². The summed E-state index contributed by atoms with van der Waals surface area (Å²) >= 11 is 0. The fourth-order valence-corrected chi connectivity index (χ4v) is 3.32. The molecule has 2 rings (SSSR count). The number of rotatable bonds is 4. The highest BCUT2D eigenvalue weighted by atomic mass is 32.2. The molecule has 0 aliphatic rings. The van der Waals surface area contributed by atoms with Crippen LogP contribution in [0.15, 0.2) is 59.5 Å². The van der Waals surface area contributed by atoms with Gasteiger partial charge in [0, 0.05) is 6.54 Å². The van der Waals surface area contributed by atoms with Gasteiger partial charge in [0.1, 0.15) is 5.75 Å². The highest BCUT2D eigenvalue weighted by Gasteiger charge is 2.22. The van der Waals surface area contributed by atoms with Gasteiger partial charge in [0.2, 0.25) is 0 Å². The van der Waals surface area contributed by atoms with Crippen LogP contribution in [-0.4, -0.2) is 20.1 Å². The van der Waals surface area contributed by atoms with Crippen molar-refractivity contribution in [3.8, 4) is 5.75 Å². The topological polar surface area (TPSA) is 57.6 Å². The number of nitrogens with zero attached hydrogens (tertiary/aromatic N) is 1. The van der Waals surface area contributed by atoms with E-state index in [9.17, 15) is 13.5 Å². The van der Waals surface area contributed by atoms with Crippen LogP contribution in [-0.2, 0) is 10.0 Å². The van der Waals surface area contributed by atoms with Crippen molar-refractivity contribution in [2.45, 2.75) is 11.8 Å². The second kappa shape index (κ2) is 5.32. The maximum atomic E-state index is 12.5. The van der Waals surface area contributed by atoms with Crippen molar-refractivity contribution in [1.29, 1.82) is 0 Å². The van der Waals surface area contributed by atoms with Gasteiger partial charge in [-0.15, -0.1) is 0 Å². The maximum Gasteiger partial charge on any atom is 0.264 e. The first-order chi connectivity index (χ1) is 9.05. The third-order valence-corrected chi connectivity index (χ3v) is 4.67. The molecule has 0 saturated heterocycles. The Morgan fingerprint density at radius 2 is 1.58 bits per heavy atom. The molecule has 100 valence electrons. The minimum atomic E-state index is -3.57. The molecule has 0 aliphatic carbocycles. The summed E-state index contributed by atoms with van der Waals surface area (Å²) in [5.74, 6) is 0.108. The van der Waals surface area contributed by atoms with Crippen molar-refractivity contribution >= 4 is 15.7 Å². The molecule has 0 aliphatic heterocycles. The smallest absolute Gasteiger partial charge is 0.264 e. The lowest BCUT2D eigenvalue weighted by atomic mass is 10.3. The van der Waals surface area contributed by atoms with Crippen molar-refractivity contribution in [1.82, 2.24) is 0 Å². The van der Waals surface area contributed by atoms with E-state index in [1.165, 1.54) is 16.4 Å². The highest BCUT2D eigenvalue weighted by Crippen LogP contribution is 2.24. The predicted octanol–water partition coefficient (Wildman–Crippen LogP) is 2.61. The number of aromatic hydroxyl groups is 1. The Morgan fingerprint density at radius 1 is 1.00 bits per heavy atom. The zero-order chi connectivity index (χ0) is 13.9. The van der Waals surface area contributed by atoms with E-state index in [-0.39, 0.29) is 10.6 Å². The van der Waals surface area contributed by atoms with Crippen LogP contribution in [0, 0.1) is 0 Å². The number of sulfonamides is 1. The Labute approximate surface area is 113 Å². The van der Waals surface area contributed by atoms with Crippen molar-refractivity contribution in [2.24, 2.45) is 0 Å². The van der Waals surface area contributed by atoms with Gasteiger partial charge in [0.25, 0.3) is 10.0 Å². The standard InChI is InChI=1S/C14H15NO3S/c1-2-15(12-8-10-13(16)11-9-12)19(17,18)14-6-4-3-5-7-14/h3-11,16H,2H2,1H3. The highest BCUT2D eigenvalue weighted by molar-refractivity contribution is 7.92. The van der Waals surface area contributed by atoms with E-state index in [1.807, 2.05) is 0 Å². The average molecular weight is 277 g/mol. The molecule has 5 heteroatoms. The molecule has 2 aromatic carbocycles. The summed E-state index contributed by atoms with van der Waals surface area (Å²) in [6.45, 7) is 2.09. The Hall–Kier alpha value is -2.01. The third kappa shape index (κ3) is 2.71. The van der Waals surface area contributed by atoms with E-state index in [2.05, 4.69) is 0 Å². The molecule has 0 spiro atoms. The summed E-state index contributed by atoms with van der Waals surface area (Å²) in [4.78, 5) is 0.255. The van der Waals surface area contributed by atoms with Crippen LogP contribution in [0.5, 0.6) is 5.75 Å². The molecule has 0 radical (unpaired) electrons. The quantitative estimate of drug-likeness (QED) is 0.934. The molecule has 0 aromatic heterocycles. The molecule has 0 amide bonds. The lowest BCUT2D eigenvalue weighted by molar-refractivity contribution is 0.475. The molecule has 0 fully saturated rings. The van der Waals surface area contributed by atoms with Crippen LogP contribution in [0.4, 0.5) is 5.69 Å². The SMILES string of the molecule is CCN(c1ccc(O)cc1)S(=O)(=O)c1ccccc1. The van der Waals surface area contributed by atoms with Crippen LogP contribution >= 0.6 is 0 Å². The number of hydrogen-bond donors (Lipinski definition) is 1. The summed E-state index contributed by atoms with van der Waals surface area (Å²) in [6, 6.07) is 14.4. The number of benzene rings is 2. The lowest BCUT2D eigenvalue weighted by Crippen LogP contribution is -2.30. The average Bonchev–Trinajstić information content (AvgIpc) is 2.42. The zero-order valence-corrected chi connectivity index (χ0v) is 11.3. The van der Waals surface area contributed by atoms with E-state index in [0.29, 0.717) is 12.2 Å². The van der Waals surface area contributed by atoms with Crippen LogP contribution in [0.25, 0.3) is 0 Å². The van der Waals surface area contributed by atoms with Crippen LogP contribution in [0.2, 0.25) is 0 Å². The fourth-order valence-electron chi connectivity index (χ4n) is 1.83. The van der Waals surface area contributed by atoms with Crippen LogP contribution in [0.3, 0.4) is 0 Å². The molecule has 0 unspecified atom stereocenters. The second-order valence-electron chi connectivity index (χ2n) is 4.00. The largest absolute Gasteiger partial charge is 0.508 e. The van der Waals surface area contributed by atoms with E-state index in [4.69, 9.17) is 0 Å². The number of phenolic OH excluding ortho intramolecular Hbond substituents is 1. The summed E-state index contributed by atoms with van der Waals surface area (Å²) in [5.41, 5.74) is 0.532. The first-order valence-electron chi connectivity index (χ1n) is 5.92. The fraction of sp³-hybridized carbons (Fsp3) is 0.143. The Kier molecular flexibility index (Phi) is 3.76. The van der Waals surface area contributed by atoms with Gasteiger partial charge in [-0.1, -0.05) is 18.2 Å². The van der Waals surface area contributed by atoms with E-state index in [1.54, 1.807) is 49.4 Å². The molecule has 1 N–H and O–H groups in total. The maximum absolute atomic E-state index is 12.5. The zero-order valence-electron chi connectivity index (χ0n) is 10.5. The molecule has 0 saturated carbocycles. The van der Waals surface area contributed by atoms with Gasteiger partial charge in [0.15, 0.2) is 0 Å². The number of phenols is 1. The van der Waals surface area contributed by atoms with Gasteiger partial charge in [-0.3, -0.25) is 4.31 Å². The predicted molar refractivity (Wildman–Crippen MR) is 74.8 cm³/mol. The molecule has 0 atom stereocenters. The molecule has 2 aromatic rings. The molecular weight excluding hydrogens is 262 g/mol. The molecular formula is C14H15NO3S. The van der Waals surface area contributed by atoms with Crippen molar-refractivity contribution in [3.05, 3.63) is 54.6 Å². The van der Waals surface area contributed by atoms with Crippen LogP contribution in [0.1, 0.15) is 6.92 Å². The second-order valence-corrected chi connectivity index (χ2v) is 5.86. The van der Waals surface area contributed by atoms with Gasteiger partial charge in [-0.25, -0.2) is 8.42 Å². The van der Waals surface area contributed by atoms with Crippen molar-refractivity contribution in [2.75, 3.05) is 10.8 Å². The first-order valence-corrected chi connectivity index (χ1v) is 7.36. The Bertz CT molecular complexity index is 636. The van der Waals surface area contributed by atoms with Crippen LogP contribution < -0.4 is 4.31 Å². The minimum Gasteiger partial charge on any atom is -0.508 e. The molecule has 0 bridgehead atoms. The summed E-state index contributed by atoms with van der Waals surface area (Å²) in [7, 11) is -3.57. The summed E-state index contributed by atoms with van der Waals surface area (Å²) in [6.07, 6.45) is 0. The summed E-state index contributed by atoms with van der Waals surface area (Å²) in [5, 5.41) is 9.26. The number of anilines is 1. The van der Waals surface area contributed by atoms with Gasteiger partial charge in [-0.05, 0) is 43.3 Å². The van der Waals surface area contributed by atoms with Crippen molar-refractivity contribution < 1.29 is 13.5 Å². The van der Waals surface area contributed by atoms with E-state index < -0.39 is 10.0 Å². The Balaban J connectivity index is 2.45. The van der Waals surface area contributed by atoms with E-state index >= 15 is 0 Å². The van der Waals surface area contributed by atoms with E-state index in [0.717, 1.165) is 0 Å². The van der Waals surface area contributed by atoms with Gasteiger partial charge in [0.05, 0.1) is 10.6 Å². The number of hydrogen-bond acceptors (Lipinski definition) is 3. The first kappa shape index (κ1) is 13.4. The third-order valence-electron chi connectivity index (χ3n) is 2.76. The molecule has 0 heterocycles. The summed E-state index contributed by atoms with van der Waals surface area (Å²) < 4.78 is 26.3. The molecule has 19 heavy (non-hydrogen) atoms. The monoisotopic (exact) mass is 277 g/mol. The lowest BCUT2D eigenvalue weighted by Gasteiger charge is -2.22. The Morgan fingerprint density at radius 3 is 2.11 bits per heavy atom. The minimum absolute atomic E-state index is 0.108. The van der Waals surface area contributed by atoms with Gasteiger partial charge >= 0.3 is 0 Å². The van der Waals surface area contributed by atoms with Gasteiger partial charge in [-0.2, -0.15) is 0 Å². The van der Waals surface area contributed by atoms with Gasteiger partial charge < -0.3 is 5.11 Å². The molecule has 4 nitrogen and oxygen atoms in total. The normalized spacial score (nSPS) is 11.2.